The molecule has 0 radical (unpaired) electrons. The van der Waals surface area contributed by atoms with Crippen LogP contribution in [0.5, 0.6) is 11.5 Å². The first kappa shape index (κ1) is 27.9. The van der Waals surface area contributed by atoms with Crippen molar-refractivity contribution in [2.45, 2.75) is 40.0 Å². The number of carbonyl (C=O) groups is 4. The maximum atomic E-state index is 12.2. The van der Waals surface area contributed by atoms with E-state index < -0.39 is 18.5 Å². The number of ether oxygens (including phenoxy) is 2. The van der Waals surface area contributed by atoms with Crippen LogP contribution >= 0.6 is 0 Å². The number of aryl methyl sites for hydroxylation is 2. The van der Waals surface area contributed by atoms with Crippen LogP contribution < -0.4 is 20.7 Å². The zero-order chi connectivity index (χ0) is 27.5. The SMILES string of the molecule is CC(=O)Nc1ccc(NC(=O)COC(=O)CCCC(=O)Nc2ccc(Oc3cc(C)cc(C)c3)cc2)cc1. The van der Waals surface area contributed by atoms with Gasteiger partial charge in [-0.2, -0.15) is 0 Å². The highest BCUT2D eigenvalue weighted by atomic mass is 16.5. The third kappa shape index (κ3) is 9.77. The minimum absolute atomic E-state index is 0.00873. The minimum Gasteiger partial charge on any atom is -0.457 e. The zero-order valence-corrected chi connectivity index (χ0v) is 21.6. The molecule has 198 valence electrons. The van der Waals surface area contributed by atoms with Crippen molar-refractivity contribution >= 4 is 40.8 Å². The van der Waals surface area contributed by atoms with E-state index in [0.29, 0.717) is 22.8 Å². The summed E-state index contributed by atoms with van der Waals surface area (Å²) in [6.45, 7) is 4.98. The van der Waals surface area contributed by atoms with Gasteiger partial charge in [0.1, 0.15) is 11.5 Å². The van der Waals surface area contributed by atoms with Gasteiger partial charge in [0.15, 0.2) is 6.61 Å². The zero-order valence-electron chi connectivity index (χ0n) is 21.6. The first-order valence-corrected chi connectivity index (χ1v) is 12.2. The Labute approximate surface area is 221 Å². The van der Waals surface area contributed by atoms with Crippen molar-refractivity contribution in [1.29, 1.82) is 0 Å². The number of rotatable bonds is 11. The number of hydrogen-bond acceptors (Lipinski definition) is 6. The van der Waals surface area contributed by atoms with Gasteiger partial charge >= 0.3 is 5.97 Å². The van der Waals surface area contributed by atoms with Gasteiger partial charge in [-0.25, -0.2) is 0 Å². The molecule has 0 fully saturated rings. The number of nitrogens with one attached hydrogen (secondary N) is 3. The lowest BCUT2D eigenvalue weighted by Crippen LogP contribution is -2.21. The molecule has 0 atom stereocenters. The molecule has 38 heavy (non-hydrogen) atoms. The summed E-state index contributed by atoms with van der Waals surface area (Å²) in [5.74, 6) is -0.0845. The van der Waals surface area contributed by atoms with Crippen LogP contribution in [-0.2, 0) is 23.9 Å². The molecule has 0 spiro atoms. The van der Waals surface area contributed by atoms with E-state index in [4.69, 9.17) is 9.47 Å². The second-order valence-electron chi connectivity index (χ2n) is 8.82. The topological polar surface area (TPSA) is 123 Å². The van der Waals surface area contributed by atoms with Gasteiger partial charge in [-0.3, -0.25) is 19.2 Å². The van der Waals surface area contributed by atoms with Crippen LogP contribution in [0.4, 0.5) is 17.1 Å². The average molecular weight is 518 g/mol. The van der Waals surface area contributed by atoms with Crippen molar-refractivity contribution < 1.29 is 28.7 Å². The van der Waals surface area contributed by atoms with E-state index in [0.717, 1.165) is 16.9 Å². The Morgan fingerprint density at radius 3 is 1.76 bits per heavy atom. The summed E-state index contributed by atoms with van der Waals surface area (Å²) < 4.78 is 10.9. The van der Waals surface area contributed by atoms with E-state index >= 15 is 0 Å². The third-order valence-corrected chi connectivity index (χ3v) is 5.21. The van der Waals surface area contributed by atoms with Gasteiger partial charge < -0.3 is 25.4 Å². The van der Waals surface area contributed by atoms with Crippen LogP contribution in [0.3, 0.4) is 0 Å². The number of carbonyl (C=O) groups excluding carboxylic acids is 4. The van der Waals surface area contributed by atoms with E-state index in [2.05, 4.69) is 22.0 Å². The monoisotopic (exact) mass is 517 g/mol. The first-order valence-electron chi connectivity index (χ1n) is 12.2. The number of hydrogen-bond donors (Lipinski definition) is 3. The standard InChI is InChI=1S/C29H31N3O6/c1-19-15-20(2)17-26(16-19)38-25-13-11-24(12-14-25)31-27(34)5-4-6-29(36)37-18-28(35)32-23-9-7-22(8-10-23)30-21(3)33/h7-17H,4-6,18H2,1-3H3,(H,30,33)(H,31,34)(H,32,35). The molecule has 3 rings (SSSR count). The number of esters is 1. The molecule has 0 aliphatic rings. The summed E-state index contributed by atoms with van der Waals surface area (Å²) in [7, 11) is 0. The molecule has 3 amide bonds. The molecule has 0 aromatic heterocycles. The Balaban J connectivity index is 1.32. The fourth-order valence-electron chi connectivity index (χ4n) is 3.61. The molecule has 0 heterocycles. The van der Waals surface area contributed by atoms with E-state index in [1.165, 1.54) is 6.92 Å². The van der Waals surface area contributed by atoms with Gasteiger partial charge in [0, 0.05) is 36.8 Å². The molecule has 0 saturated heterocycles. The Hall–Kier alpha value is -4.66. The molecule has 0 aliphatic carbocycles. The molecule has 0 saturated carbocycles. The average Bonchev–Trinajstić information content (AvgIpc) is 2.84. The molecule has 0 aliphatic heterocycles. The largest absolute Gasteiger partial charge is 0.457 e. The van der Waals surface area contributed by atoms with Gasteiger partial charge in [-0.15, -0.1) is 0 Å². The van der Waals surface area contributed by atoms with Crippen LogP contribution in [0.1, 0.15) is 37.3 Å². The second kappa shape index (κ2) is 13.6. The van der Waals surface area contributed by atoms with E-state index in [-0.39, 0.29) is 31.1 Å². The fraction of sp³-hybridized carbons (Fsp3) is 0.241. The number of amides is 3. The van der Waals surface area contributed by atoms with E-state index in [1.807, 2.05) is 26.0 Å². The summed E-state index contributed by atoms with van der Waals surface area (Å²) in [5.41, 5.74) is 3.95. The fourth-order valence-corrected chi connectivity index (χ4v) is 3.61. The molecule has 9 heteroatoms. The van der Waals surface area contributed by atoms with Crippen molar-refractivity contribution in [3.8, 4) is 11.5 Å². The highest BCUT2D eigenvalue weighted by Gasteiger charge is 2.10. The van der Waals surface area contributed by atoms with Crippen molar-refractivity contribution in [2.75, 3.05) is 22.6 Å². The van der Waals surface area contributed by atoms with Gasteiger partial charge in [0.25, 0.3) is 5.91 Å². The highest BCUT2D eigenvalue weighted by molar-refractivity contribution is 5.94. The lowest BCUT2D eigenvalue weighted by atomic mass is 10.1. The quantitative estimate of drug-likeness (QED) is 0.295. The Morgan fingerprint density at radius 1 is 0.658 bits per heavy atom. The third-order valence-electron chi connectivity index (χ3n) is 5.21. The smallest absolute Gasteiger partial charge is 0.306 e. The molecular formula is C29H31N3O6. The number of anilines is 3. The Kier molecular flexibility index (Phi) is 9.99. The van der Waals surface area contributed by atoms with Crippen LogP contribution in [0.15, 0.2) is 66.7 Å². The Morgan fingerprint density at radius 2 is 1.18 bits per heavy atom. The maximum absolute atomic E-state index is 12.2. The van der Waals surface area contributed by atoms with Crippen molar-refractivity contribution in [1.82, 2.24) is 0 Å². The lowest BCUT2D eigenvalue weighted by molar-refractivity contribution is -0.147. The molecule has 0 unspecified atom stereocenters. The molecule has 3 aromatic carbocycles. The van der Waals surface area contributed by atoms with Crippen LogP contribution in [0.2, 0.25) is 0 Å². The molecular weight excluding hydrogens is 486 g/mol. The molecule has 3 N–H and O–H groups in total. The van der Waals surface area contributed by atoms with Crippen LogP contribution in [-0.4, -0.2) is 30.3 Å². The van der Waals surface area contributed by atoms with Gasteiger partial charge in [0.05, 0.1) is 0 Å². The normalized spacial score (nSPS) is 10.3. The van der Waals surface area contributed by atoms with Gasteiger partial charge in [-0.05, 0) is 92.1 Å². The first-order chi connectivity index (χ1) is 18.2. The summed E-state index contributed by atoms with van der Waals surface area (Å²) in [6.07, 6.45) is 0.419. The minimum atomic E-state index is -0.568. The molecule has 3 aromatic rings. The second-order valence-corrected chi connectivity index (χ2v) is 8.82. The van der Waals surface area contributed by atoms with Crippen molar-refractivity contribution in [3.05, 3.63) is 77.9 Å². The van der Waals surface area contributed by atoms with Gasteiger partial charge in [-0.1, -0.05) is 6.07 Å². The summed E-state index contributed by atoms with van der Waals surface area (Å²) in [4.78, 5) is 47.2. The van der Waals surface area contributed by atoms with Crippen LogP contribution in [0, 0.1) is 13.8 Å². The highest BCUT2D eigenvalue weighted by Crippen LogP contribution is 2.25. The molecule has 0 bridgehead atoms. The Bertz CT molecular complexity index is 1270. The number of benzene rings is 3. The summed E-state index contributed by atoms with van der Waals surface area (Å²) in [5, 5.41) is 8.01. The summed E-state index contributed by atoms with van der Waals surface area (Å²) >= 11 is 0. The van der Waals surface area contributed by atoms with Gasteiger partial charge in [0.2, 0.25) is 11.8 Å². The predicted octanol–water partition coefficient (Wildman–Crippen LogP) is 5.34. The lowest BCUT2D eigenvalue weighted by Gasteiger charge is -2.10. The predicted molar refractivity (Wildman–Crippen MR) is 145 cm³/mol. The van der Waals surface area contributed by atoms with Crippen molar-refractivity contribution in [2.24, 2.45) is 0 Å². The van der Waals surface area contributed by atoms with E-state index in [9.17, 15) is 19.2 Å². The van der Waals surface area contributed by atoms with Crippen molar-refractivity contribution in [3.63, 3.8) is 0 Å². The molecule has 9 nitrogen and oxygen atoms in total. The van der Waals surface area contributed by atoms with Crippen LogP contribution in [0.25, 0.3) is 0 Å². The maximum Gasteiger partial charge on any atom is 0.306 e. The summed E-state index contributed by atoms with van der Waals surface area (Å²) in [6, 6.07) is 19.5. The van der Waals surface area contributed by atoms with E-state index in [1.54, 1.807) is 48.5 Å².